The van der Waals surface area contributed by atoms with Gasteiger partial charge in [0.05, 0.1) is 13.7 Å². The molecule has 0 aliphatic rings. The molecule has 1 heterocycles. The predicted molar refractivity (Wildman–Crippen MR) is 74.0 cm³/mol. The standard InChI is InChI=1S/C14H20N2O4/c1-14(2,3)20-13(18)16(4)9-10(17)12-11(19-5)7-6-8-15-12/h6-8H,9H2,1-5H3. The minimum atomic E-state index is -0.600. The van der Waals surface area contributed by atoms with E-state index in [1.165, 1.54) is 25.3 Å². The van der Waals surface area contributed by atoms with E-state index in [9.17, 15) is 9.59 Å². The first-order valence-electron chi connectivity index (χ1n) is 6.21. The van der Waals surface area contributed by atoms with Crippen molar-refractivity contribution in [2.45, 2.75) is 26.4 Å². The van der Waals surface area contributed by atoms with Crippen molar-refractivity contribution < 1.29 is 19.1 Å². The van der Waals surface area contributed by atoms with Crippen LogP contribution in [0.3, 0.4) is 0 Å². The van der Waals surface area contributed by atoms with Gasteiger partial charge in [0.1, 0.15) is 17.0 Å². The summed E-state index contributed by atoms with van der Waals surface area (Å²) >= 11 is 0. The maximum Gasteiger partial charge on any atom is 0.410 e. The topological polar surface area (TPSA) is 68.7 Å². The molecule has 0 spiro atoms. The molecule has 1 amide bonds. The third-order valence-electron chi connectivity index (χ3n) is 2.34. The summed E-state index contributed by atoms with van der Waals surface area (Å²) in [7, 11) is 2.97. The second-order valence-electron chi connectivity index (χ2n) is 5.31. The number of carbonyl (C=O) groups excluding carboxylic acids is 2. The van der Waals surface area contributed by atoms with Crippen LogP contribution in [0.5, 0.6) is 5.75 Å². The van der Waals surface area contributed by atoms with Crippen LogP contribution in [-0.4, -0.2) is 48.1 Å². The molecule has 0 aliphatic carbocycles. The number of Topliss-reactive ketones (excluding diaryl/α,β-unsaturated/α-hetero) is 1. The summed E-state index contributed by atoms with van der Waals surface area (Å²) in [4.78, 5) is 29.1. The van der Waals surface area contributed by atoms with Gasteiger partial charge in [0, 0.05) is 13.2 Å². The Morgan fingerprint density at radius 1 is 1.35 bits per heavy atom. The predicted octanol–water partition coefficient (Wildman–Crippen LogP) is 2.14. The summed E-state index contributed by atoms with van der Waals surface area (Å²) in [5.74, 6) is 0.0749. The van der Waals surface area contributed by atoms with E-state index >= 15 is 0 Å². The van der Waals surface area contributed by atoms with E-state index in [0.29, 0.717) is 5.75 Å². The molecular weight excluding hydrogens is 260 g/mol. The number of methoxy groups -OCH3 is 1. The molecule has 6 nitrogen and oxygen atoms in total. The summed E-state index contributed by atoms with van der Waals surface area (Å²) < 4.78 is 10.2. The summed E-state index contributed by atoms with van der Waals surface area (Å²) in [6.07, 6.45) is 0.948. The van der Waals surface area contributed by atoms with Crippen molar-refractivity contribution in [1.29, 1.82) is 0 Å². The number of hydrogen-bond acceptors (Lipinski definition) is 5. The molecule has 20 heavy (non-hydrogen) atoms. The van der Waals surface area contributed by atoms with Gasteiger partial charge in [0.25, 0.3) is 0 Å². The van der Waals surface area contributed by atoms with Crippen LogP contribution >= 0.6 is 0 Å². The van der Waals surface area contributed by atoms with Crippen molar-refractivity contribution >= 4 is 11.9 Å². The second kappa shape index (κ2) is 6.36. The molecule has 1 rings (SSSR count). The van der Waals surface area contributed by atoms with Gasteiger partial charge in [-0.05, 0) is 32.9 Å². The van der Waals surface area contributed by atoms with Gasteiger partial charge in [0.2, 0.25) is 5.78 Å². The summed E-state index contributed by atoms with van der Waals surface area (Å²) in [6, 6.07) is 3.32. The minimum Gasteiger partial charge on any atom is -0.494 e. The first-order chi connectivity index (χ1) is 9.24. The van der Waals surface area contributed by atoms with Crippen LogP contribution in [0.25, 0.3) is 0 Å². The second-order valence-corrected chi connectivity index (χ2v) is 5.31. The number of likely N-dealkylation sites (N-methyl/N-ethyl adjacent to an activating group) is 1. The third-order valence-corrected chi connectivity index (χ3v) is 2.34. The lowest BCUT2D eigenvalue weighted by molar-refractivity contribution is 0.0294. The van der Waals surface area contributed by atoms with E-state index in [0.717, 1.165) is 0 Å². The van der Waals surface area contributed by atoms with Crippen molar-refractivity contribution in [2.24, 2.45) is 0 Å². The molecule has 0 fully saturated rings. The van der Waals surface area contributed by atoms with E-state index in [-0.39, 0.29) is 18.0 Å². The van der Waals surface area contributed by atoms with E-state index < -0.39 is 11.7 Å². The van der Waals surface area contributed by atoms with Crippen molar-refractivity contribution in [3.05, 3.63) is 24.0 Å². The van der Waals surface area contributed by atoms with Crippen LogP contribution in [0.4, 0.5) is 4.79 Å². The van der Waals surface area contributed by atoms with Crippen molar-refractivity contribution in [2.75, 3.05) is 20.7 Å². The zero-order chi connectivity index (χ0) is 15.3. The SMILES string of the molecule is COc1cccnc1C(=O)CN(C)C(=O)OC(C)(C)C. The molecule has 0 aromatic carbocycles. The zero-order valence-corrected chi connectivity index (χ0v) is 12.5. The number of carbonyl (C=O) groups is 2. The average Bonchev–Trinajstić information content (AvgIpc) is 2.36. The molecule has 0 radical (unpaired) electrons. The minimum absolute atomic E-state index is 0.123. The molecule has 0 atom stereocenters. The smallest absolute Gasteiger partial charge is 0.410 e. The van der Waals surface area contributed by atoms with Crippen molar-refractivity contribution in [3.8, 4) is 5.75 Å². The highest BCUT2D eigenvalue weighted by Gasteiger charge is 2.23. The lowest BCUT2D eigenvalue weighted by Crippen LogP contribution is -2.37. The van der Waals surface area contributed by atoms with Crippen LogP contribution < -0.4 is 4.74 Å². The van der Waals surface area contributed by atoms with E-state index in [1.54, 1.807) is 32.9 Å². The first-order valence-corrected chi connectivity index (χ1v) is 6.21. The fourth-order valence-corrected chi connectivity index (χ4v) is 1.46. The maximum atomic E-state index is 12.1. The molecule has 0 bridgehead atoms. The van der Waals surface area contributed by atoms with Gasteiger partial charge in [-0.3, -0.25) is 4.79 Å². The van der Waals surface area contributed by atoms with Crippen molar-refractivity contribution in [1.82, 2.24) is 9.88 Å². The van der Waals surface area contributed by atoms with Crippen LogP contribution in [0.1, 0.15) is 31.3 Å². The fraction of sp³-hybridized carbons (Fsp3) is 0.500. The van der Waals surface area contributed by atoms with Crippen LogP contribution in [0, 0.1) is 0 Å². The maximum absolute atomic E-state index is 12.1. The molecule has 0 N–H and O–H groups in total. The van der Waals surface area contributed by atoms with Gasteiger partial charge in [-0.25, -0.2) is 9.78 Å². The van der Waals surface area contributed by atoms with Crippen molar-refractivity contribution in [3.63, 3.8) is 0 Å². The number of amides is 1. The Morgan fingerprint density at radius 2 is 2.00 bits per heavy atom. The van der Waals surface area contributed by atoms with Gasteiger partial charge >= 0.3 is 6.09 Å². The number of nitrogens with zero attached hydrogens (tertiary/aromatic N) is 2. The van der Waals surface area contributed by atoms with Gasteiger partial charge in [0.15, 0.2) is 0 Å². The molecule has 1 aromatic heterocycles. The van der Waals surface area contributed by atoms with Crippen LogP contribution in [0.2, 0.25) is 0 Å². The monoisotopic (exact) mass is 280 g/mol. The highest BCUT2D eigenvalue weighted by atomic mass is 16.6. The lowest BCUT2D eigenvalue weighted by atomic mass is 10.2. The highest BCUT2D eigenvalue weighted by Crippen LogP contribution is 2.16. The van der Waals surface area contributed by atoms with Gasteiger partial charge in [-0.15, -0.1) is 0 Å². The Hall–Kier alpha value is -2.11. The average molecular weight is 280 g/mol. The number of pyridine rings is 1. The molecule has 0 unspecified atom stereocenters. The number of hydrogen-bond donors (Lipinski definition) is 0. The Kier molecular flexibility index (Phi) is 5.07. The number of ether oxygens (including phenoxy) is 2. The molecule has 0 saturated heterocycles. The molecule has 110 valence electrons. The molecule has 0 saturated carbocycles. The van der Waals surface area contributed by atoms with E-state index in [4.69, 9.17) is 9.47 Å². The Labute approximate surface area is 118 Å². The molecule has 6 heteroatoms. The molecular formula is C14H20N2O4. The first kappa shape index (κ1) is 15.9. The Morgan fingerprint density at radius 3 is 2.55 bits per heavy atom. The molecule has 0 aliphatic heterocycles. The van der Waals surface area contributed by atoms with Gasteiger partial charge < -0.3 is 14.4 Å². The number of ketones is 1. The summed E-state index contributed by atoms with van der Waals surface area (Å²) in [5.41, 5.74) is -0.401. The lowest BCUT2D eigenvalue weighted by Gasteiger charge is -2.24. The third kappa shape index (κ3) is 4.53. The molecule has 1 aromatic rings. The van der Waals surface area contributed by atoms with Crippen LogP contribution in [0.15, 0.2) is 18.3 Å². The Bertz CT molecular complexity index is 494. The van der Waals surface area contributed by atoms with E-state index in [2.05, 4.69) is 4.98 Å². The number of rotatable bonds is 4. The summed E-state index contributed by atoms with van der Waals surface area (Å²) in [5, 5.41) is 0. The fourth-order valence-electron chi connectivity index (χ4n) is 1.46. The largest absolute Gasteiger partial charge is 0.494 e. The highest BCUT2D eigenvalue weighted by molar-refractivity contribution is 5.99. The van der Waals surface area contributed by atoms with Crippen LogP contribution in [-0.2, 0) is 4.74 Å². The Balaban J connectivity index is 2.73. The van der Waals surface area contributed by atoms with Gasteiger partial charge in [-0.1, -0.05) is 0 Å². The van der Waals surface area contributed by atoms with E-state index in [1.807, 2.05) is 0 Å². The summed E-state index contributed by atoms with van der Waals surface area (Å²) in [6.45, 7) is 5.18. The quantitative estimate of drug-likeness (QED) is 0.790. The normalized spacial score (nSPS) is 10.8. The zero-order valence-electron chi connectivity index (χ0n) is 12.5. The van der Waals surface area contributed by atoms with Gasteiger partial charge in [-0.2, -0.15) is 0 Å². The number of aromatic nitrogens is 1.